The third-order valence-corrected chi connectivity index (χ3v) is 6.49. The van der Waals surface area contributed by atoms with E-state index < -0.39 is 11.9 Å². The Hall–Kier alpha value is -3.33. The van der Waals surface area contributed by atoms with Crippen LogP contribution >= 0.6 is 0 Å². The van der Waals surface area contributed by atoms with Crippen LogP contribution in [0.3, 0.4) is 0 Å². The number of alkyl halides is 3. The number of nitrogens with one attached hydrogen (secondary N) is 1. The molecule has 2 aromatic carbocycles. The molecule has 4 rings (SSSR count). The average Bonchev–Trinajstić information content (AvgIpc) is 2.87. The number of aromatic nitrogens is 1. The van der Waals surface area contributed by atoms with Crippen molar-refractivity contribution in [2.45, 2.75) is 25.1 Å². The summed E-state index contributed by atoms with van der Waals surface area (Å²) in [6.07, 6.45) is -2.82. The normalized spacial score (nSPS) is 16.9. The fourth-order valence-corrected chi connectivity index (χ4v) is 4.61. The van der Waals surface area contributed by atoms with Gasteiger partial charge in [0.05, 0.1) is 13.7 Å². The lowest BCUT2D eigenvalue weighted by Gasteiger charge is -2.42. The van der Waals surface area contributed by atoms with Crippen LogP contribution in [0.15, 0.2) is 54.6 Å². The van der Waals surface area contributed by atoms with E-state index in [4.69, 9.17) is 4.74 Å². The molecular weight excluding hydrogens is 457 g/mol. The van der Waals surface area contributed by atoms with Gasteiger partial charge in [0.2, 0.25) is 5.91 Å². The second-order valence-electron chi connectivity index (χ2n) is 8.65. The number of methoxy groups -OCH3 is 1. The van der Waals surface area contributed by atoms with Gasteiger partial charge in [0.15, 0.2) is 0 Å². The molecule has 35 heavy (non-hydrogen) atoms. The van der Waals surface area contributed by atoms with E-state index in [0.29, 0.717) is 37.3 Å². The van der Waals surface area contributed by atoms with Gasteiger partial charge < -0.3 is 15.0 Å². The van der Waals surface area contributed by atoms with Crippen LogP contribution in [-0.4, -0.2) is 62.2 Å². The van der Waals surface area contributed by atoms with Crippen molar-refractivity contribution in [2.75, 3.05) is 45.2 Å². The van der Waals surface area contributed by atoms with Crippen LogP contribution in [0.2, 0.25) is 0 Å². The first kappa shape index (κ1) is 24.8. The van der Waals surface area contributed by atoms with E-state index in [-0.39, 0.29) is 17.5 Å². The summed E-state index contributed by atoms with van der Waals surface area (Å²) in [6, 6.07) is 16.3. The summed E-state index contributed by atoms with van der Waals surface area (Å²) in [7, 11) is 3.05. The largest absolute Gasteiger partial charge is 0.494 e. The van der Waals surface area contributed by atoms with Crippen molar-refractivity contribution < 1.29 is 22.7 Å². The Morgan fingerprint density at radius 3 is 2.57 bits per heavy atom. The summed E-state index contributed by atoms with van der Waals surface area (Å²) in [5.41, 5.74) is 1.28. The number of piperazine rings is 1. The number of benzene rings is 2. The van der Waals surface area contributed by atoms with E-state index in [0.717, 1.165) is 24.6 Å². The van der Waals surface area contributed by atoms with E-state index >= 15 is 0 Å². The van der Waals surface area contributed by atoms with Crippen molar-refractivity contribution in [3.8, 4) is 5.75 Å². The summed E-state index contributed by atoms with van der Waals surface area (Å²) in [6.45, 7) is 2.26. The highest BCUT2D eigenvalue weighted by Gasteiger charge is 2.34. The molecule has 1 atom stereocenters. The predicted molar refractivity (Wildman–Crippen MR) is 130 cm³/mol. The van der Waals surface area contributed by atoms with Gasteiger partial charge in [0.25, 0.3) is 0 Å². The molecule has 3 aromatic rings. The fourth-order valence-electron chi connectivity index (χ4n) is 4.61. The number of ether oxygens (including phenoxy) is 1. The molecule has 1 aliphatic rings. The lowest BCUT2D eigenvalue weighted by atomic mass is 10.0. The lowest BCUT2D eigenvalue weighted by molar-refractivity contribution is -0.141. The maximum Gasteiger partial charge on any atom is 0.433 e. The number of amides is 1. The van der Waals surface area contributed by atoms with Gasteiger partial charge in [0.1, 0.15) is 17.0 Å². The maximum atomic E-state index is 13.3. The first-order chi connectivity index (χ1) is 16.8. The number of carbonyl (C=O) groups excluding carboxylic acids is 1. The van der Waals surface area contributed by atoms with Crippen molar-refractivity contribution in [2.24, 2.45) is 0 Å². The first-order valence-electron chi connectivity index (χ1n) is 11.6. The van der Waals surface area contributed by atoms with Crippen molar-refractivity contribution in [3.63, 3.8) is 0 Å². The molecule has 2 heterocycles. The summed E-state index contributed by atoms with van der Waals surface area (Å²) in [5, 5.41) is 3.31. The van der Waals surface area contributed by atoms with Gasteiger partial charge in [-0.25, -0.2) is 4.98 Å². The summed E-state index contributed by atoms with van der Waals surface area (Å²) < 4.78 is 45.2. The number of hydrogen-bond acceptors (Lipinski definition) is 5. The van der Waals surface area contributed by atoms with Crippen LogP contribution in [-0.2, 0) is 17.4 Å². The summed E-state index contributed by atoms with van der Waals surface area (Å²) in [5.74, 6) is 0.260. The molecule has 0 bridgehead atoms. The SMILES string of the molecule is CNC(=O)CN1CCN(c2ccc(OC)c3nc(C(F)(F)F)ccc23)C[C@@H]1CCc1ccccc1. The number of hydrogen-bond donors (Lipinski definition) is 1. The molecular formula is C26H29F3N4O2. The summed E-state index contributed by atoms with van der Waals surface area (Å²) in [4.78, 5) is 20.4. The van der Waals surface area contributed by atoms with Crippen molar-refractivity contribution in [1.82, 2.24) is 15.2 Å². The minimum atomic E-state index is -4.54. The molecule has 186 valence electrons. The minimum Gasteiger partial charge on any atom is -0.494 e. The average molecular weight is 487 g/mol. The van der Waals surface area contributed by atoms with Gasteiger partial charge in [-0.2, -0.15) is 13.2 Å². The first-order valence-corrected chi connectivity index (χ1v) is 11.6. The molecule has 0 spiro atoms. The van der Waals surface area contributed by atoms with Gasteiger partial charge in [-0.1, -0.05) is 30.3 Å². The Kier molecular flexibility index (Phi) is 7.45. The second-order valence-corrected chi connectivity index (χ2v) is 8.65. The second kappa shape index (κ2) is 10.5. The predicted octanol–water partition coefficient (Wildman–Crippen LogP) is 4.13. The highest BCUT2D eigenvalue weighted by molar-refractivity contribution is 5.96. The van der Waals surface area contributed by atoms with Crippen LogP contribution in [0.25, 0.3) is 10.9 Å². The number of carbonyl (C=O) groups is 1. The van der Waals surface area contributed by atoms with Gasteiger partial charge >= 0.3 is 6.18 Å². The molecule has 1 saturated heterocycles. The number of nitrogens with zero attached hydrogens (tertiary/aromatic N) is 3. The number of pyridine rings is 1. The Bertz CT molecular complexity index is 1170. The number of likely N-dealkylation sites (N-methyl/N-ethyl adjacent to an activating group) is 1. The third-order valence-electron chi connectivity index (χ3n) is 6.49. The fraction of sp³-hybridized carbons (Fsp3) is 0.385. The molecule has 0 unspecified atom stereocenters. The van der Waals surface area contributed by atoms with Crippen molar-refractivity contribution in [1.29, 1.82) is 0 Å². The number of halogens is 3. The zero-order chi connectivity index (χ0) is 25.0. The standard InChI is InChI=1S/C26H29F3N4O2/c1-30-24(34)17-32-14-15-33(16-19(32)9-8-18-6-4-3-5-7-18)21-11-12-22(35-2)25-20(21)10-13-23(31-25)26(27,28)29/h3-7,10-13,19H,8-9,14-17H2,1-2H3,(H,30,34)/t19-/m0/s1. The topological polar surface area (TPSA) is 57.7 Å². The van der Waals surface area contributed by atoms with Crippen molar-refractivity contribution in [3.05, 3.63) is 65.9 Å². The Morgan fingerprint density at radius 2 is 1.89 bits per heavy atom. The molecule has 1 aromatic heterocycles. The molecule has 9 heteroatoms. The van der Waals surface area contributed by atoms with E-state index in [9.17, 15) is 18.0 Å². The highest BCUT2D eigenvalue weighted by Crippen LogP contribution is 2.37. The van der Waals surface area contributed by atoms with Crippen LogP contribution in [0.5, 0.6) is 5.75 Å². The number of rotatable bonds is 7. The minimum absolute atomic E-state index is 0.0399. The maximum absolute atomic E-state index is 13.3. The molecule has 1 fully saturated rings. The summed E-state index contributed by atoms with van der Waals surface area (Å²) >= 11 is 0. The number of anilines is 1. The van der Waals surface area contributed by atoms with Crippen LogP contribution < -0.4 is 15.0 Å². The zero-order valence-electron chi connectivity index (χ0n) is 19.8. The Morgan fingerprint density at radius 1 is 1.11 bits per heavy atom. The lowest BCUT2D eigenvalue weighted by Crippen LogP contribution is -2.55. The van der Waals surface area contributed by atoms with Gasteiger partial charge in [0, 0.05) is 43.8 Å². The molecule has 6 nitrogen and oxygen atoms in total. The molecule has 0 aliphatic carbocycles. The molecule has 1 aliphatic heterocycles. The molecule has 1 amide bonds. The van der Waals surface area contributed by atoms with E-state index in [1.54, 1.807) is 13.1 Å². The third kappa shape index (κ3) is 5.67. The van der Waals surface area contributed by atoms with E-state index in [1.165, 1.54) is 18.7 Å². The molecule has 1 N–H and O–H groups in total. The van der Waals surface area contributed by atoms with E-state index in [1.807, 2.05) is 24.3 Å². The van der Waals surface area contributed by atoms with Crippen LogP contribution in [0.1, 0.15) is 17.7 Å². The van der Waals surface area contributed by atoms with Crippen molar-refractivity contribution >= 4 is 22.5 Å². The van der Waals surface area contributed by atoms with Crippen LogP contribution in [0, 0.1) is 0 Å². The van der Waals surface area contributed by atoms with Gasteiger partial charge in [-0.05, 0) is 42.7 Å². The van der Waals surface area contributed by atoms with E-state index in [2.05, 4.69) is 32.2 Å². The van der Waals surface area contributed by atoms with Crippen LogP contribution in [0.4, 0.5) is 18.9 Å². The number of fused-ring (bicyclic) bond motifs is 1. The van der Waals surface area contributed by atoms with Gasteiger partial charge in [-0.15, -0.1) is 0 Å². The zero-order valence-corrected chi connectivity index (χ0v) is 19.8. The molecule has 0 radical (unpaired) electrons. The number of aryl methyl sites for hydroxylation is 1. The Labute approximate surface area is 202 Å². The monoisotopic (exact) mass is 486 g/mol. The Balaban J connectivity index is 1.63. The van der Waals surface area contributed by atoms with Gasteiger partial charge in [-0.3, -0.25) is 9.69 Å². The molecule has 0 saturated carbocycles. The quantitative estimate of drug-likeness (QED) is 0.544. The smallest absolute Gasteiger partial charge is 0.433 e. The highest BCUT2D eigenvalue weighted by atomic mass is 19.4.